The number of aliphatic hydroxyl groups is 1. The Kier molecular flexibility index (Phi) is 7.12. The van der Waals surface area contributed by atoms with Crippen LogP contribution in [0.4, 0.5) is 4.39 Å². The van der Waals surface area contributed by atoms with Crippen LogP contribution >= 0.6 is 0 Å². The molecule has 1 fully saturated rings. The number of rotatable bonds is 7. The fourth-order valence-corrected chi connectivity index (χ4v) is 5.45. The molecule has 1 atom stereocenters. The molecule has 196 valence electrons. The Morgan fingerprint density at radius 1 is 1.11 bits per heavy atom. The fraction of sp³-hybridized carbons (Fsp3) is 0.323. The molecule has 0 radical (unpaired) electrons. The Bertz CT molecular complexity index is 1430. The van der Waals surface area contributed by atoms with Gasteiger partial charge in [0.05, 0.1) is 12.3 Å². The molecule has 1 unspecified atom stereocenters. The number of aliphatic hydroxyl groups excluding tert-OH is 1. The van der Waals surface area contributed by atoms with E-state index in [1.807, 2.05) is 24.3 Å². The lowest BCUT2D eigenvalue weighted by molar-refractivity contribution is 0.0224. The van der Waals surface area contributed by atoms with Gasteiger partial charge in [0.15, 0.2) is 5.58 Å². The molecule has 1 N–H and O–H groups in total. The number of hydrogen-bond donors (Lipinski definition) is 1. The van der Waals surface area contributed by atoms with E-state index in [0.717, 1.165) is 78.9 Å². The summed E-state index contributed by atoms with van der Waals surface area (Å²) in [5, 5.41) is 15.4. The molecule has 0 saturated carbocycles. The van der Waals surface area contributed by atoms with Gasteiger partial charge in [-0.2, -0.15) is 0 Å². The maximum Gasteiger partial charge on any atom is 0.218 e. The molecule has 0 spiro atoms. The maximum atomic E-state index is 13.5. The van der Waals surface area contributed by atoms with Gasteiger partial charge in [-0.25, -0.2) is 4.39 Å². The summed E-state index contributed by atoms with van der Waals surface area (Å²) in [6.07, 6.45) is 14.9. The van der Waals surface area contributed by atoms with Crippen molar-refractivity contribution in [1.82, 2.24) is 10.1 Å². The second-order valence-electron chi connectivity index (χ2n) is 9.96. The van der Waals surface area contributed by atoms with Gasteiger partial charge in [-0.1, -0.05) is 35.5 Å². The summed E-state index contributed by atoms with van der Waals surface area (Å²) in [7, 11) is 0. The Hall–Kier alpha value is -3.68. The van der Waals surface area contributed by atoms with E-state index in [9.17, 15) is 9.50 Å². The second-order valence-corrected chi connectivity index (χ2v) is 9.96. The van der Waals surface area contributed by atoms with Crippen molar-refractivity contribution in [3.63, 3.8) is 0 Å². The quantitative estimate of drug-likeness (QED) is 0.382. The predicted octanol–water partition coefficient (Wildman–Crippen LogP) is 6.15. The minimum absolute atomic E-state index is 0.304. The van der Waals surface area contributed by atoms with Gasteiger partial charge in [-0.05, 0) is 80.3 Å². The lowest BCUT2D eigenvalue weighted by Gasteiger charge is -2.31. The van der Waals surface area contributed by atoms with E-state index in [0.29, 0.717) is 23.9 Å². The molecule has 2 aromatic carbocycles. The van der Waals surface area contributed by atoms with Gasteiger partial charge in [0, 0.05) is 35.5 Å². The van der Waals surface area contributed by atoms with Crippen molar-refractivity contribution in [3.8, 4) is 11.5 Å². The number of nitrogens with zero attached hydrogens (tertiary/aromatic N) is 2. The van der Waals surface area contributed by atoms with E-state index in [-0.39, 0.29) is 5.82 Å². The number of hydrogen-bond acceptors (Lipinski definition) is 6. The molecule has 0 amide bonds. The number of likely N-dealkylation sites (tertiary alicyclic amines) is 1. The van der Waals surface area contributed by atoms with Gasteiger partial charge >= 0.3 is 0 Å². The zero-order valence-corrected chi connectivity index (χ0v) is 21.2. The molecular weight excluding hydrogens is 483 g/mol. The summed E-state index contributed by atoms with van der Waals surface area (Å²) in [6, 6.07) is 10.5. The lowest BCUT2D eigenvalue weighted by atomic mass is 9.91. The highest BCUT2D eigenvalue weighted by molar-refractivity contribution is 5.86. The van der Waals surface area contributed by atoms with Crippen LogP contribution in [0.15, 0.2) is 83.0 Å². The number of benzene rings is 2. The number of fused-ring (bicyclic) bond motifs is 2. The average molecular weight is 515 g/mol. The van der Waals surface area contributed by atoms with Crippen LogP contribution in [-0.4, -0.2) is 47.7 Å². The normalized spacial score (nSPS) is 20.0. The van der Waals surface area contributed by atoms with E-state index in [1.54, 1.807) is 12.1 Å². The molecule has 3 aromatic rings. The van der Waals surface area contributed by atoms with Crippen LogP contribution in [0.3, 0.4) is 0 Å². The minimum atomic E-state index is -0.992. The third-order valence-corrected chi connectivity index (χ3v) is 7.42. The lowest BCUT2D eigenvalue weighted by Crippen LogP contribution is -2.34. The zero-order valence-electron chi connectivity index (χ0n) is 21.2. The number of halogens is 1. The van der Waals surface area contributed by atoms with Crippen LogP contribution in [-0.2, 0) is 0 Å². The molecule has 1 aromatic heterocycles. The summed E-state index contributed by atoms with van der Waals surface area (Å²) in [6.45, 7) is 3.53. The van der Waals surface area contributed by atoms with Crippen LogP contribution in [0, 0.1) is 5.82 Å². The highest BCUT2D eigenvalue weighted by Gasteiger charge is 2.25. The molecule has 6 nitrogen and oxygen atoms in total. The topological polar surface area (TPSA) is 68.0 Å². The van der Waals surface area contributed by atoms with Crippen molar-refractivity contribution in [2.75, 3.05) is 26.2 Å². The van der Waals surface area contributed by atoms with Crippen LogP contribution in [0.25, 0.3) is 16.5 Å². The first-order valence-electron chi connectivity index (χ1n) is 13.3. The highest BCUT2D eigenvalue weighted by atomic mass is 19.1. The largest absolute Gasteiger partial charge is 0.493 e. The summed E-state index contributed by atoms with van der Waals surface area (Å²) < 4.78 is 30.5. The highest BCUT2D eigenvalue weighted by Crippen LogP contribution is 2.39. The van der Waals surface area contributed by atoms with E-state index >= 15 is 0 Å². The van der Waals surface area contributed by atoms with E-state index in [2.05, 4.69) is 34.4 Å². The maximum absolute atomic E-state index is 13.5. The number of allylic oxidation sites excluding steroid dienone is 7. The Labute approximate surface area is 221 Å². The number of aromatic nitrogens is 1. The van der Waals surface area contributed by atoms with Gasteiger partial charge in [-0.15, -0.1) is 0 Å². The molecule has 0 bridgehead atoms. The predicted molar refractivity (Wildman–Crippen MR) is 145 cm³/mol. The SMILES string of the molecule is OC1C=C(C2=CC=CCC=C2)c2ccc(OCCCN3CCC(c4noc5cc(F)ccc45)CC3)cc2O1. The standard InChI is InChI=1S/C31H31FN2O4/c32-23-8-10-26-29(18-23)38-33-31(26)22-12-15-34(16-13-22)14-5-17-36-24-9-11-25-27(20-30(35)37-28(25)19-24)21-6-3-1-2-4-7-21/h1,3-4,6-11,18-20,22,30,35H,2,5,12-17H2. The Balaban J connectivity index is 1.00. The molecule has 3 aliphatic rings. The average Bonchev–Trinajstić information content (AvgIpc) is 3.14. The molecular formula is C31H31FN2O4. The van der Waals surface area contributed by atoms with Crippen molar-refractivity contribution < 1.29 is 23.5 Å². The molecule has 2 aliphatic heterocycles. The summed E-state index contributed by atoms with van der Waals surface area (Å²) >= 11 is 0. The van der Waals surface area contributed by atoms with Crippen LogP contribution < -0.4 is 9.47 Å². The van der Waals surface area contributed by atoms with Crippen molar-refractivity contribution in [3.05, 3.63) is 95.5 Å². The van der Waals surface area contributed by atoms with E-state index in [1.165, 1.54) is 12.1 Å². The molecule has 6 rings (SSSR count). The molecule has 3 heterocycles. The first kappa shape index (κ1) is 24.6. The second kappa shape index (κ2) is 11.0. The molecule has 1 aliphatic carbocycles. The van der Waals surface area contributed by atoms with Crippen molar-refractivity contribution in [2.24, 2.45) is 0 Å². The monoisotopic (exact) mass is 514 g/mol. The van der Waals surface area contributed by atoms with Crippen LogP contribution in [0.5, 0.6) is 11.5 Å². The molecule has 38 heavy (non-hydrogen) atoms. The first-order valence-corrected chi connectivity index (χ1v) is 13.3. The third kappa shape index (κ3) is 5.30. The number of ether oxygens (including phenoxy) is 2. The van der Waals surface area contributed by atoms with Crippen molar-refractivity contribution in [2.45, 2.75) is 37.9 Å². The zero-order chi connectivity index (χ0) is 25.9. The molecule has 1 saturated heterocycles. The smallest absolute Gasteiger partial charge is 0.218 e. The van der Waals surface area contributed by atoms with Gasteiger partial charge in [0.2, 0.25) is 6.29 Å². The van der Waals surface area contributed by atoms with Gasteiger partial charge in [0.1, 0.15) is 17.3 Å². The van der Waals surface area contributed by atoms with Gasteiger partial charge in [-0.3, -0.25) is 0 Å². The fourth-order valence-electron chi connectivity index (χ4n) is 5.45. The summed E-state index contributed by atoms with van der Waals surface area (Å²) in [5.41, 5.74) is 4.42. The van der Waals surface area contributed by atoms with Crippen LogP contribution in [0.2, 0.25) is 0 Å². The van der Waals surface area contributed by atoms with E-state index in [4.69, 9.17) is 14.0 Å². The first-order chi connectivity index (χ1) is 18.6. The van der Waals surface area contributed by atoms with Gasteiger partial charge in [0.25, 0.3) is 0 Å². The molecule has 7 heteroatoms. The van der Waals surface area contributed by atoms with Crippen molar-refractivity contribution >= 4 is 16.5 Å². The van der Waals surface area contributed by atoms with Crippen LogP contribution in [0.1, 0.15) is 42.9 Å². The minimum Gasteiger partial charge on any atom is -0.493 e. The number of piperidine rings is 1. The Morgan fingerprint density at radius 2 is 2.00 bits per heavy atom. The van der Waals surface area contributed by atoms with E-state index < -0.39 is 6.29 Å². The summed E-state index contributed by atoms with van der Waals surface area (Å²) in [5.74, 6) is 1.39. The third-order valence-electron chi connectivity index (χ3n) is 7.42. The Morgan fingerprint density at radius 3 is 2.89 bits per heavy atom. The summed E-state index contributed by atoms with van der Waals surface area (Å²) in [4.78, 5) is 2.45. The van der Waals surface area contributed by atoms with Gasteiger partial charge < -0.3 is 24.0 Å². The van der Waals surface area contributed by atoms with Crippen molar-refractivity contribution in [1.29, 1.82) is 0 Å².